The van der Waals surface area contributed by atoms with Crippen LogP contribution >= 0.6 is 0 Å². The molecule has 25 heavy (non-hydrogen) atoms. The first kappa shape index (κ1) is 18.1. The highest BCUT2D eigenvalue weighted by Gasteiger charge is 2.30. The minimum atomic E-state index is -1.30. The van der Waals surface area contributed by atoms with Crippen molar-refractivity contribution < 1.29 is 14.7 Å². The second-order valence-corrected chi connectivity index (χ2v) is 6.18. The normalized spacial score (nSPS) is 13.2. The van der Waals surface area contributed by atoms with Crippen LogP contribution in [0, 0.1) is 17.2 Å². The third kappa shape index (κ3) is 3.50. The van der Waals surface area contributed by atoms with Gasteiger partial charge in [0.05, 0.1) is 11.5 Å². The van der Waals surface area contributed by atoms with E-state index in [1.807, 2.05) is 6.07 Å². The minimum Gasteiger partial charge on any atom is -0.476 e. The standard InChI is InChI=1S/C17H18N4O4/c1-10(2)17(3,9-18)19-13(22)8-21-15(23)12-7-5-4-6-11(12)14(20-21)16(24)25/h4-7,10H,8H2,1-3H3,(H,19,22)(H,24,25). The third-order valence-electron chi connectivity index (χ3n) is 4.15. The first-order valence-electron chi connectivity index (χ1n) is 7.65. The first-order chi connectivity index (χ1) is 11.7. The van der Waals surface area contributed by atoms with Crippen LogP contribution in [0.2, 0.25) is 0 Å². The second kappa shape index (κ2) is 6.73. The summed E-state index contributed by atoms with van der Waals surface area (Å²) >= 11 is 0. The topological polar surface area (TPSA) is 125 Å². The van der Waals surface area contributed by atoms with Crippen molar-refractivity contribution in [3.05, 3.63) is 40.3 Å². The summed E-state index contributed by atoms with van der Waals surface area (Å²) in [5.74, 6) is -2.05. The Morgan fingerprint density at radius 2 is 1.96 bits per heavy atom. The number of nitrogens with one attached hydrogen (secondary N) is 1. The van der Waals surface area contributed by atoms with Crippen molar-refractivity contribution >= 4 is 22.6 Å². The third-order valence-corrected chi connectivity index (χ3v) is 4.15. The number of nitriles is 1. The van der Waals surface area contributed by atoms with E-state index in [9.17, 15) is 24.8 Å². The fourth-order valence-electron chi connectivity index (χ4n) is 2.27. The largest absolute Gasteiger partial charge is 0.476 e. The number of aromatic carboxylic acids is 1. The number of hydrogen-bond donors (Lipinski definition) is 2. The number of hydrogen-bond acceptors (Lipinski definition) is 5. The molecule has 0 saturated heterocycles. The molecule has 1 aromatic heterocycles. The van der Waals surface area contributed by atoms with Crippen molar-refractivity contribution in [1.29, 1.82) is 5.26 Å². The maximum Gasteiger partial charge on any atom is 0.357 e. The molecule has 0 aliphatic rings. The van der Waals surface area contributed by atoms with Crippen LogP contribution in [-0.2, 0) is 11.3 Å². The van der Waals surface area contributed by atoms with Crippen molar-refractivity contribution in [1.82, 2.24) is 15.1 Å². The maximum absolute atomic E-state index is 12.5. The number of carbonyl (C=O) groups is 2. The van der Waals surface area contributed by atoms with E-state index < -0.39 is 29.5 Å². The van der Waals surface area contributed by atoms with Crippen LogP contribution in [0.15, 0.2) is 29.1 Å². The fraction of sp³-hybridized carbons (Fsp3) is 0.353. The van der Waals surface area contributed by atoms with E-state index in [-0.39, 0.29) is 22.4 Å². The predicted octanol–water partition coefficient (Wildman–Crippen LogP) is 1.15. The lowest BCUT2D eigenvalue weighted by molar-refractivity contribution is -0.123. The molecule has 2 aromatic rings. The highest BCUT2D eigenvalue weighted by Crippen LogP contribution is 2.15. The number of aromatic nitrogens is 2. The summed E-state index contributed by atoms with van der Waals surface area (Å²) in [5, 5.41) is 25.3. The number of rotatable bonds is 5. The molecule has 1 heterocycles. The summed E-state index contributed by atoms with van der Waals surface area (Å²) in [6.07, 6.45) is 0. The van der Waals surface area contributed by atoms with E-state index in [2.05, 4.69) is 10.4 Å². The fourth-order valence-corrected chi connectivity index (χ4v) is 2.27. The van der Waals surface area contributed by atoms with E-state index in [0.717, 1.165) is 4.68 Å². The van der Waals surface area contributed by atoms with Gasteiger partial charge in [-0.25, -0.2) is 9.48 Å². The average molecular weight is 342 g/mol. The van der Waals surface area contributed by atoms with Gasteiger partial charge < -0.3 is 10.4 Å². The molecule has 2 N–H and O–H groups in total. The molecule has 1 unspecified atom stereocenters. The van der Waals surface area contributed by atoms with Crippen LogP contribution in [0.4, 0.5) is 0 Å². The monoisotopic (exact) mass is 342 g/mol. The highest BCUT2D eigenvalue weighted by atomic mass is 16.4. The Kier molecular flexibility index (Phi) is 4.88. The molecule has 0 spiro atoms. The van der Waals surface area contributed by atoms with Crippen LogP contribution in [0.25, 0.3) is 10.8 Å². The summed E-state index contributed by atoms with van der Waals surface area (Å²) in [4.78, 5) is 36.1. The van der Waals surface area contributed by atoms with Crippen molar-refractivity contribution in [2.75, 3.05) is 0 Å². The van der Waals surface area contributed by atoms with Crippen LogP contribution in [0.3, 0.4) is 0 Å². The van der Waals surface area contributed by atoms with Crippen LogP contribution in [0.5, 0.6) is 0 Å². The van der Waals surface area contributed by atoms with Gasteiger partial charge in [-0.15, -0.1) is 0 Å². The van der Waals surface area contributed by atoms with Crippen molar-refractivity contribution in [2.24, 2.45) is 5.92 Å². The molecule has 0 aliphatic carbocycles. The zero-order valence-electron chi connectivity index (χ0n) is 14.1. The minimum absolute atomic E-state index is 0.155. The summed E-state index contributed by atoms with van der Waals surface area (Å²) in [6, 6.07) is 8.21. The van der Waals surface area contributed by atoms with Gasteiger partial charge in [0.2, 0.25) is 5.91 Å². The second-order valence-electron chi connectivity index (χ2n) is 6.18. The van der Waals surface area contributed by atoms with Gasteiger partial charge in [-0.3, -0.25) is 9.59 Å². The summed E-state index contributed by atoms with van der Waals surface area (Å²) in [7, 11) is 0. The van der Waals surface area contributed by atoms with E-state index in [1.54, 1.807) is 32.9 Å². The van der Waals surface area contributed by atoms with Gasteiger partial charge in [0.1, 0.15) is 12.1 Å². The van der Waals surface area contributed by atoms with E-state index >= 15 is 0 Å². The highest BCUT2D eigenvalue weighted by molar-refractivity contribution is 6.01. The molecule has 8 nitrogen and oxygen atoms in total. The lowest BCUT2D eigenvalue weighted by Crippen LogP contribution is -2.50. The van der Waals surface area contributed by atoms with Gasteiger partial charge in [0.25, 0.3) is 5.56 Å². The van der Waals surface area contributed by atoms with Crippen LogP contribution < -0.4 is 10.9 Å². The Morgan fingerprint density at radius 3 is 2.48 bits per heavy atom. The average Bonchev–Trinajstić information content (AvgIpc) is 2.56. The molecule has 0 aliphatic heterocycles. The lowest BCUT2D eigenvalue weighted by Gasteiger charge is -2.27. The SMILES string of the molecule is CC(C)C(C)(C#N)NC(=O)Cn1nc(C(=O)O)c2ccccc2c1=O. The first-order valence-corrected chi connectivity index (χ1v) is 7.65. The van der Waals surface area contributed by atoms with E-state index in [4.69, 9.17) is 0 Å². The number of carboxylic acids is 1. The quantitative estimate of drug-likeness (QED) is 0.839. The zero-order chi connectivity index (χ0) is 18.8. The molecule has 1 aromatic carbocycles. The number of benzene rings is 1. The van der Waals surface area contributed by atoms with Gasteiger partial charge in [-0.2, -0.15) is 10.4 Å². The Morgan fingerprint density at radius 1 is 1.36 bits per heavy atom. The molecule has 0 fully saturated rings. The smallest absolute Gasteiger partial charge is 0.357 e. The molecule has 1 amide bonds. The molecular formula is C17H18N4O4. The molecule has 8 heteroatoms. The molecule has 2 rings (SSSR count). The Bertz CT molecular complexity index is 942. The number of carbonyl (C=O) groups excluding carboxylic acids is 1. The molecule has 0 bridgehead atoms. The van der Waals surface area contributed by atoms with Gasteiger partial charge >= 0.3 is 5.97 Å². The molecule has 0 saturated carbocycles. The molecule has 130 valence electrons. The molecule has 0 radical (unpaired) electrons. The lowest BCUT2D eigenvalue weighted by atomic mass is 9.90. The van der Waals surface area contributed by atoms with Gasteiger partial charge in [-0.1, -0.05) is 32.0 Å². The van der Waals surface area contributed by atoms with E-state index in [0.29, 0.717) is 0 Å². The zero-order valence-corrected chi connectivity index (χ0v) is 14.1. The Balaban J connectivity index is 2.44. The Hall–Kier alpha value is -3.21. The predicted molar refractivity (Wildman–Crippen MR) is 90.0 cm³/mol. The summed E-state index contributed by atoms with van der Waals surface area (Å²) in [5.41, 5.74) is -1.98. The van der Waals surface area contributed by atoms with Crippen LogP contribution in [0.1, 0.15) is 31.3 Å². The molecule has 1 atom stereocenters. The summed E-state index contributed by atoms with van der Waals surface area (Å²) < 4.78 is 0.805. The van der Waals surface area contributed by atoms with Crippen molar-refractivity contribution in [3.63, 3.8) is 0 Å². The number of carboxylic acid groups (broad SMARTS) is 1. The Labute approximate surface area is 143 Å². The number of nitrogens with zero attached hydrogens (tertiary/aromatic N) is 3. The van der Waals surface area contributed by atoms with Crippen molar-refractivity contribution in [3.8, 4) is 6.07 Å². The molecular weight excluding hydrogens is 324 g/mol. The van der Waals surface area contributed by atoms with Gasteiger partial charge in [0, 0.05) is 5.39 Å². The van der Waals surface area contributed by atoms with Crippen molar-refractivity contribution in [2.45, 2.75) is 32.9 Å². The van der Waals surface area contributed by atoms with Gasteiger partial charge in [-0.05, 0) is 18.9 Å². The van der Waals surface area contributed by atoms with Crippen LogP contribution in [-0.4, -0.2) is 32.3 Å². The van der Waals surface area contributed by atoms with Gasteiger partial charge in [0.15, 0.2) is 5.69 Å². The summed E-state index contributed by atoms with van der Waals surface area (Å²) in [6.45, 7) is 4.67. The maximum atomic E-state index is 12.5. The van der Waals surface area contributed by atoms with E-state index in [1.165, 1.54) is 12.1 Å². The number of amides is 1. The number of fused-ring (bicyclic) bond motifs is 1.